The van der Waals surface area contributed by atoms with E-state index in [0.717, 1.165) is 19.1 Å². The average molecular weight is 250 g/mol. The number of hydrogen-bond acceptors (Lipinski definition) is 1. The van der Waals surface area contributed by atoms with Crippen molar-refractivity contribution < 1.29 is 4.79 Å². The van der Waals surface area contributed by atoms with E-state index in [2.05, 4.69) is 36.4 Å². The highest BCUT2D eigenvalue weighted by atomic mass is 16.1. The number of hydrogen-bond donors (Lipinski definition) is 0. The van der Waals surface area contributed by atoms with Crippen LogP contribution in [0.25, 0.3) is 6.08 Å². The summed E-state index contributed by atoms with van der Waals surface area (Å²) in [7, 11) is 0. The molecule has 0 bridgehead atoms. The third-order valence-electron chi connectivity index (χ3n) is 3.08. The molecule has 19 heavy (non-hydrogen) atoms. The van der Waals surface area contributed by atoms with Crippen LogP contribution in [0.5, 0.6) is 0 Å². The Balaban J connectivity index is 1.90. The second-order valence-electron chi connectivity index (χ2n) is 4.63. The van der Waals surface area contributed by atoms with E-state index in [4.69, 9.17) is 0 Å². The lowest BCUT2D eigenvalue weighted by Crippen LogP contribution is -2.04. The van der Waals surface area contributed by atoms with Crippen molar-refractivity contribution in [3.63, 3.8) is 0 Å². The molecular weight excluding hydrogens is 232 g/mol. The summed E-state index contributed by atoms with van der Waals surface area (Å²) < 4.78 is 0. The quantitative estimate of drug-likeness (QED) is 0.704. The SMILES string of the molecule is O=CC(C/C=C/c1ccccc1)Cc1ccccc1. The van der Waals surface area contributed by atoms with E-state index in [1.54, 1.807) is 0 Å². The first-order valence-electron chi connectivity index (χ1n) is 6.59. The Morgan fingerprint density at radius 1 is 0.895 bits per heavy atom. The normalized spacial score (nSPS) is 12.4. The van der Waals surface area contributed by atoms with Crippen LogP contribution in [0.4, 0.5) is 0 Å². The second kappa shape index (κ2) is 7.32. The van der Waals surface area contributed by atoms with E-state index in [-0.39, 0.29) is 5.92 Å². The molecule has 0 radical (unpaired) electrons. The minimum atomic E-state index is 0.0577. The van der Waals surface area contributed by atoms with E-state index in [1.165, 1.54) is 11.1 Å². The summed E-state index contributed by atoms with van der Waals surface area (Å²) in [5, 5.41) is 0. The molecule has 2 rings (SSSR count). The Bertz CT molecular complexity index is 514. The average Bonchev–Trinajstić information content (AvgIpc) is 2.48. The number of allylic oxidation sites excluding steroid dienone is 1. The van der Waals surface area contributed by atoms with Crippen molar-refractivity contribution in [2.45, 2.75) is 12.8 Å². The lowest BCUT2D eigenvalue weighted by Gasteiger charge is -2.07. The van der Waals surface area contributed by atoms with Gasteiger partial charge in [0.2, 0.25) is 0 Å². The van der Waals surface area contributed by atoms with Gasteiger partial charge in [-0.3, -0.25) is 0 Å². The van der Waals surface area contributed by atoms with Gasteiger partial charge in [-0.2, -0.15) is 0 Å². The second-order valence-corrected chi connectivity index (χ2v) is 4.63. The number of rotatable bonds is 6. The fourth-order valence-corrected chi connectivity index (χ4v) is 2.05. The summed E-state index contributed by atoms with van der Waals surface area (Å²) in [5.74, 6) is 0.0577. The molecule has 0 aliphatic rings. The number of benzene rings is 2. The van der Waals surface area contributed by atoms with E-state index in [9.17, 15) is 4.79 Å². The van der Waals surface area contributed by atoms with Crippen LogP contribution in [0, 0.1) is 5.92 Å². The van der Waals surface area contributed by atoms with Gasteiger partial charge >= 0.3 is 0 Å². The highest BCUT2D eigenvalue weighted by molar-refractivity contribution is 5.56. The van der Waals surface area contributed by atoms with Crippen LogP contribution in [0.2, 0.25) is 0 Å². The fraction of sp³-hybridized carbons (Fsp3) is 0.167. The standard InChI is InChI=1S/C18H18O/c19-15-18(14-17-10-5-2-6-11-17)13-7-12-16-8-3-1-4-9-16/h1-12,15,18H,13-14H2/b12-7+. The molecule has 0 saturated carbocycles. The van der Waals surface area contributed by atoms with E-state index in [1.807, 2.05) is 36.4 Å². The fourth-order valence-electron chi connectivity index (χ4n) is 2.05. The first-order chi connectivity index (χ1) is 9.38. The van der Waals surface area contributed by atoms with E-state index < -0.39 is 0 Å². The van der Waals surface area contributed by atoms with Crippen molar-refractivity contribution in [2.24, 2.45) is 5.92 Å². The van der Waals surface area contributed by atoms with Gasteiger partial charge in [0, 0.05) is 5.92 Å². The predicted molar refractivity (Wildman–Crippen MR) is 79.8 cm³/mol. The molecular formula is C18H18O. The number of carbonyl (C=O) groups excluding carboxylic acids is 1. The third-order valence-corrected chi connectivity index (χ3v) is 3.08. The zero-order valence-corrected chi connectivity index (χ0v) is 10.9. The van der Waals surface area contributed by atoms with Crippen molar-refractivity contribution >= 4 is 12.4 Å². The van der Waals surface area contributed by atoms with Crippen LogP contribution in [-0.2, 0) is 11.2 Å². The van der Waals surface area contributed by atoms with Gasteiger partial charge in [0.15, 0.2) is 0 Å². The highest BCUT2D eigenvalue weighted by Crippen LogP contribution is 2.12. The molecule has 0 fully saturated rings. The Hall–Kier alpha value is -2.15. The third kappa shape index (κ3) is 4.55. The van der Waals surface area contributed by atoms with Crippen molar-refractivity contribution in [3.05, 3.63) is 77.9 Å². The minimum Gasteiger partial charge on any atom is -0.303 e. The molecule has 2 aromatic rings. The summed E-state index contributed by atoms with van der Waals surface area (Å²) >= 11 is 0. The molecule has 0 aromatic heterocycles. The first-order valence-corrected chi connectivity index (χ1v) is 6.59. The maximum atomic E-state index is 11.1. The van der Waals surface area contributed by atoms with Gasteiger partial charge in [-0.25, -0.2) is 0 Å². The van der Waals surface area contributed by atoms with E-state index in [0.29, 0.717) is 0 Å². The molecule has 0 aliphatic heterocycles. The van der Waals surface area contributed by atoms with Gasteiger partial charge in [0.05, 0.1) is 0 Å². The minimum absolute atomic E-state index is 0.0577. The van der Waals surface area contributed by atoms with Crippen LogP contribution >= 0.6 is 0 Å². The Morgan fingerprint density at radius 2 is 1.53 bits per heavy atom. The molecule has 96 valence electrons. The molecule has 2 aromatic carbocycles. The summed E-state index contributed by atoms with van der Waals surface area (Å²) in [5.41, 5.74) is 2.39. The Labute approximate surface area is 114 Å². The maximum absolute atomic E-state index is 11.1. The predicted octanol–water partition coefficient (Wildman–Crippen LogP) is 4.15. The first kappa shape index (κ1) is 13.3. The largest absolute Gasteiger partial charge is 0.303 e. The van der Waals surface area contributed by atoms with Crippen LogP contribution in [0.1, 0.15) is 17.5 Å². The van der Waals surface area contributed by atoms with Crippen LogP contribution in [0.15, 0.2) is 66.7 Å². The summed E-state index contributed by atoms with van der Waals surface area (Å²) in [6.07, 6.45) is 6.80. The molecule has 0 spiro atoms. The Morgan fingerprint density at radius 3 is 2.16 bits per heavy atom. The molecule has 0 N–H and O–H groups in total. The lowest BCUT2D eigenvalue weighted by atomic mass is 9.97. The number of aldehydes is 1. The van der Waals surface area contributed by atoms with Gasteiger partial charge in [0.25, 0.3) is 0 Å². The van der Waals surface area contributed by atoms with Gasteiger partial charge in [0.1, 0.15) is 6.29 Å². The summed E-state index contributed by atoms with van der Waals surface area (Å²) in [6.45, 7) is 0. The van der Waals surface area contributed by atoms with Gasteiger partial charge < -0.3 is 4.79 Å². The van der Waals surface area contributed by atoms with Crippen molar-refractivity contribution in [2.75, 3.05) is 0 Å². The zero-order valence-electron chi connectivity index (χ0n) is 10.9. The smallest absolute Gasteiger partial charge is 0.123 e. The lowest BCUT2D eigenvalue weighted by molar-refractivity contribution is -0.111. The molecule has 0 aliphatic carbocycles. The molecule has 1 atom stereocenters. The van der Waals surface area contributed by atoms with Crippen molar-refractivity contribution in [3.8, 4) is 0 Å². The molecule has 0 saturated heterocycles. The summed E-state index contributed by atoms with van der Waals surface area (Å²) in [4.78, 5) is 11.1. The van der Waals surface area contributed by atoms with Crippen LogP contribution in [-0.4, -0.2) is 6.29 Å². The highest BCUT2D eigenvalue weighted by Gasteiger charge is 2.06. The summed E-state index contributed by atoms with van der Waals surface area (Å²) in [6, 6.07) is 20.3. The topological polar surface area (TPSA) is 17.1 Å². The molecule has 1 unspecified atom stereocenters. The van der Waals surface area contributed by atoms with Crippen molar-refractivity contribution in [1.82, 2.24) is 0 Å². The monoisotopic (exact) mass is 250 g/mol. The van der Waals surface area contributed by atoms with Crippen LogP contribution < -0.4 is 0 Å². The molecule has 1 heteroatoms. The maximum Gasteiger partial charge on any atom is 0.123 e. The Kier molecular flexibility index (Phi) is 5.12. The van der Waals surface area contributed by atoms with Gasteiger partial charge in [-0.15, -0.1) is 0 Å². The van der Waals surface area contributed by atoms with Crippen LogP contribution in [0.3, 0.4) is 0 Å². The number of carbonyl (C=O) groups is 1. The van der Waals surface area contributed by atoms with E-state index >= 15 is 0 Å². The van der Waals surface area contributed by atoms with Crippen molar-refractivity contribution in [1.29, 1.82) is 0 Å². The van der Waals surface area contributed by atoms with Gasteiger partial charge in [-0.1, -0.05) is 72.8 Å². The molecule has 0 heterocycles. The molecule has 1 nitrogen and oxygen atoms in total. The zero-order chi connectivity index (χ0) is 13.3. The molecule has 0 amide bonds. The van der Waals surface area contributed by atoms with Gasteiger partial charge in [-0.05, 0) is 24.0 Å².